The van der Waals surface area contributed by atoms with Gasteiger partial charge in [0, 0.05) is 35.7 Å². The van der Waals surface area contributed by atoms with Gasteiger partial charge in [0.1, 0.15) is 11.4 Å². The first-order valence-electron chi connectivity index (χ1n) is 10.0. The molecule has 1 unspecified atom stereocenters. The molecule has 1 saturated heterocycles. The normalized spacial score (nSPS) is 26.9. The van der Waals surface area contributed by atoms with E-state index in [0.29, 0.717) is 24.3 Å². The van der Waals surface area contributed by atoms with E-state index in [1.807, 2.05) is 32.6 Å². The van der Waals surface area contributed by atoms with Crippen molar-refractivity contribution in [3.05, 3.63) is 27.1 Å². The summed E-state index contributed by atoms with van der Waals surface area (Å²) in [6.07, 6.45) is 1.15. The van der Waals surface area contributed by atoms with Crippen molar-refractivity contribution < 1.29 is 19.9 Å². The SMILES string of the molecule is C[C@H]1CN(c2c3c(nc(C(C)(C)C)c2[N+](=O)[O-])CCC3)C[C@@H](NC(=O)O)C1(C)O. The molecule has 3 atom stereocenters. The van der Waals surface area contributed by atoms with Gasteiger partial charge in [-0.3, -0.25) is 10.1 Å². The zero-order chi connectivity index (χ0) is 21.7. The molecule has 1 amide bonds. The smallest absolute Gasteiger partial charge is 0.405 e. The van der Waals surface area contributed by atoms with Crippen molar-refractivity contribution in [2.75, 3.05) is 18.0 Å². The van der Waals surface area contributed by atoms with Crippen LogP contribution in [0.15, 0.2) is 0 Å². The molecule has 1 aliphatic carbocycles. The van der Waals surface area contributed by atoms with E-state index in [1.165, 1.54) is 0 Å². The van der Waals surface area contributed by atoms with E-state index < -0.39 is 23.2 Å². The highest BCUT2D eigenvalue weighted by molar-refractivity contribution is 5.73. The minimum Gasteiger partial charge on any atom is -0.465 e. The van der Waals surface area contributed by atoms with Crippen LogP contribution in [0.4, 0.5) is 16.2 Å². The Labute approximate surface area is 170 Å². The Bertz CT molecular complexity index is 846. The van der Waals surface area contributed by atoms with Crippen molar-refractivity contribution >= 4 is 17.5 Å². The fraction of sp³-hybridized carbons (Fsp3) is 0.700. The monoisotopic (exact) mass is 406 g/mol. The van der Waals surface area contributed by atoms with Gasteiger partial charge in [0.15, 0.2) is 0 Å². The summed E-state index contributed by atoms with van der Waals surface area (Å²) in [5.74, 6) is -0.295. The second kappa shape index (κ2) is 7.12. The molecule has 1 aromatic heterocycles. The van der Waals surface area contributed by atoms with Gasteiger partial charge >= 0.3 is 11.8 Å². The number of aliphatic hydroxyl groups is 1. The number of carboxylic acid groups (broad SMARTS) is 1. The quantitative estimate of drug-likeness (QED) is 0.520. The maximum absolute atomic E-state index is 12.2. The lowest BCUT2D eigenvalue weighted by molar-refractivity contribution is -0.385. The first-order chi connectivity index (χ1) is 13.3. The topological polar surface area (TPSA) is 129 Å². The number of fused-ring (bicyclic) bond motifs is 1. The van der Waals surface area contributed by atoms with E-state index in [2.05, 4.69) is 10.3 Å². The number of hydrogen-bond acceptors (Lipinski definition) is 6. The standard InChI is InChI=1S/C20H30N4O5/c1-11-9-23(10-14(20(11,5)27)22-18(25)26)15-12-7-6-8-13(12)21-17(19(2,3)4)16(15)24(28)29/h11,14,22,27H,6-10H2,1-5H3,(H,25,26)/t11-,14+,20?/m0/s1. The number of anilines is 1. The fourth-order valence-corrected chi connectivity index (χ4v) is 4.45. The lowest BCUT2D eigenvalue weighted by Gasteiger charge is -2.47. The first-order valence-corrected chi connectivity index (χ1v) is 10.0. The third kappa shape index (κ3) is 3.75. The maximum Gasteiger partial charge on any atom is 0.405 e. The van der Waals surface area contributed by atoms with E-state index in [1.54, 1.807) is 6.92 Å². The summed E-state index contributed by atoms with van der Waals surface area (Å²) in [5.41, 5.74) is 0.997. The van der Waals surface area contributed by atoms with Gasteiger partial charge < -0.3 is 20.4 Å². The van der Waals surface area contributed by atoms with E-state index in [9.17, 15) is 25.1 Å². The molecule has 2 heterocycles. The summed E-state index contributed by atoms with van der Waals surface area (Å²) in [6, 6.07) is -0.772. The molecule has 1 aliphatic heterocycles. The zero-order valence-electron chi connectivity index (χ0n) is 17.7. The molecule has 29 heavy (non-hydrogen) atoms. The minimum atomic E-state index is -1.26. The number of aromatic nitrogens is 1. The van der Waals surface area contributed by atoms with Crippen molar-refractivity contribution in [1.82, 2.24) is 10.3 Å². The number of amides is 1. The van der Waals surface area contributed by atoms with Crippen LogP contribution in [0.2, 0.25) is 0 Å². The highest BCUT2D eigenvalue weighted by Gasteiger charge is 2.47. The number of piperidine rings is 1. The van der Waals surface area contributed by atoms with Gasteiger partial charge in [-0.25, -0.2) is 9.78 Å². The number of nitro groups is 1. The Morgan fingerprint density at radius 3 is 2.55 bits per heavy atom. The molecule has 160 valence electrons. The van der Waals surface area contributed by atoms with Crippen molar-refractivity contribution in [2.24, 2.45) is 5.92 Å². The molecule has 0 aromatic carbocycles. The Morgan fingerprint density at radius 1 is 1.34 bits per heavy atom. The van der Waals surface area contributed by atoms with Crippen molar-refractivity contribution in [3.63, 3.8) is 0 Å². The summed E-state index contributed by atoms with van der Waals surface area (Å²) >= 11 is 0. The Balaban J connectivity index is 2.18. The molecule has 9 nitrogen and oxygen atoms in total. The molecule has 1 aromatic rings. The molecule has 1 fully saturated rings. The van der Waals surface area contributed by atoms with Crippen LogP contribution in [-0.4, -0.2) is 50.9 Å². The van der Waals surface area contributed by atoms with Crippen LogP contribution in [0.3, 0.4) is 0 Å². The molecule has 0 bridgehead atoms. The average molecular weight is 406 g/mol. The second-order valence-corrected chi connectivity index (χ2v) is 9.48. The summed E-state index contributed by atoms with van der Waals surface area (Å²) in [6.45, 7) is 9.72. The molecule has 3 rings (SSSR count). The number of rotatable bonds is 3. The lowest BCUT2D eigenvalue weighted by Crippen LogP contribution is -2.65. The predicted molar refractivity (Wildman–Crippen MR) is 109 cm³/mol. The molecule has 3 N–H and O–H groups in total. The van der Waals surface area contributed by atoms with Crippen LogP contribution >= 0.6 is 0 Å². The Hall–Kier alpha value is -2.42. The fourth-order valence-electron chi connectivity index (χ4n) is 4.45. The van der Waals surface area contributed by atoms with Gasteiger partial charge in [0.2, 0.25) is 0 Å². The first kappa shape index (κ1) is 21.3. The van der Waals surface area contributed by atoms with E-state index in [0.717, 1.165) is 24.1 Å². The highest BCUT2D eigenvalue weighted by atomic mass is 16.6. The minimum absolute atomic E-state index is 0.000896. The maximum atomic E-state index is 12.2. The van der Waals surface area contributed by atoms with Gasteiger partial charge in [-0.05, 0) is 26.2 Å². The van der Waals surface area contributed by atoms with E-state index >= 15 is 0 Å². The van der Waals surface area contributed by atoms with Crippen molar-refractivity contribution in [2.45, 2.75) is 70.9 Å². The average Bonchev–Trinajstić information content (AvgIpc) is 3.04. The molecule has 9 heteroatoms. The third-order valence-electron chi connectivity index (χ3n) is 6.28. The summed E-state index contributed by atoms with van der Waals surface area (Å²) < 4.78 is 0. The summed E-state index contributed by atoms with van der Waals surface area (Å²) in [4.78, 5) is 29.7. The number of pyridine rings is 1. The summed E-state index contributed by atoms with van der Waals surface area (Å²) in [7, 11) is 0. The number of aryl methyl sites for hydroxylation is 1. The van der Waals surface area contributed by atoms with Crippen LogP contribution in [0, 0.1) is 16.0 Å². The molecular weight excluding hydrogens is 376 g/mol. The molecule has 0 saturated carbocycles. The lowest BCUT2D eigenvalue weighted by atomic mass is 9.79. The van der Waals surface area contributed by atoms with Crippen molar-refractivity contribution in [3.8, 4) is 0 Å². The molecular formula is C20H30N4O5. The highest BCUT2D eigenvalue weighted by Crippen LogP contribution is 2.45. The Kier molecular flexibility index (Phi) is 5.23. The van der Waals surface area contributed by atoms with Crippen LogP contribution in [0.25, 0.3) is 0 Å². The van der Waals surface area contributed by atoms with Gasteiger partial charge in [-0.15, -0.1) is 0 Å². The van der Waals surface area contributed by atoms with Crippen LogP contribution in [0.1, 0.15) is 58.0 Å². The molecule has 0 radical (unpaired) electrons. The van der Waals surface area contributed by atoms with Gasteiger partial charge in [0.05, 0.1) is 16.6 Å². The number of carbonyl (C=O) groups is 1. The molecule has 0 spiro atoms. The molecule has 2 aliphatic rings. The van der Waals surface area contributed by atoms with E-state index in [-0.39, 0.29) is 23.1 Å². The van der Waals surface area contributed by atoms with Gasteiger partial charge in [-0.1, -0.05) is 27.7 Å². The zero-order valence-corrected chi connectivity index (χ0v) is 17.7. The summed E-state index contributed by atoms with van der Waals surface area (Å²) in [5, 5.41) is 34.7. The van der Waals surface area contributed by atoms with Crippen LogP contribution in [-0.2, 0) is 18.3 Å². The van der Waals surface area contributed by atoms with Gasteiger partial charge in [-0.2, -0.15) is 0 Å². The Morgan fingerprint density at radius 2 is 2.00 bits per heavy atom. The number of hydrogen-bond donors (Lipinski definition) is 3. The third-order valence-corrected chi connectivity index (χ3v) is 6.28. The van der Waals surface area contributed by atoms with Crippen LogP contribution in [0.5, 0.6) is 0 Å². The van der Waals surface area contributed by atoms with E-state index in [4.69, 9.17) is 0 Å². The van der Waals surface area contributed by atoms with Crippen LogP contribution < -0.4 is 10.2 Å². The second-order valence-electron chi connectivity index (χ2n) is 9.48. The number of nitrogens with one attached hydrogen (secondary N) is 1. The number of nitrogens with zero attached hydrogens (tertiary/aromatic N) is 3. The van der Waals surface area contributed by atoms with Crippen molar-refractivity contribution in [1.29, 1.82) is 0 Å². The largest absolute Gasteiger partial charge is 0.465 e. The predicted octanol–water partition coefficient (Wildman–Crippen LogP) is 2.62. The van der Waals surface area contributed by atoms with Gasteiger partial charge in [0.25, 0.3) is 0 Å².